The van der Waals surface area contributed by atoms with Crippen LogP contribution in [0.15, 0.2) is 0 Å². The molecule has 8 heteroatoms. The Morgan fingerprint density at radius 1 is 1.04 bits per heavy atom. The van der Waals surface area contributed by atoms with Gasteiger partial charge in [-0.3, -0.25) is 14.4 Å². The van der Waals surface area contributed by atoms with Crippen molar-refractivity contribution in [2.75, 3.05) is 13.1 Å². The summed E-state index contributed by atoms with van der Waals surface area (Å²) < 4.78 is 0. The normalized spacial score (nSPS) is 18.9. The molecule has 0 heterocycles. The van der Waals surface area contributed by atoms with Crippen LogP contribution in [0, 0.1) is 11.8 Å². The predicted molar refractivity (Wildman–Crippen MR) is 108 cm³/mol. The Kier molecular flexibility index (Phi) is 11.3. The summed E-state index contributed by atoms with van der Waals surface area (Å²) in [5.74, 6) is -0.736. The van der Waals surface area contributed by atoms with Crippen LogP contribution in [0.5, 0.6) is 0 Å². The second kappa shape index (κ2) is 12.9. The van der Waals surface area contributed by atoms with Crippen LogP contribution in [0.3, 0.4) is 0 Å². The second-order valence-electron chi connectivity index (χ2n) is 7.85. The van der Waals surface area contributed by atoms with E-state index in [4.69, 9.17) is 11.5 Å². The van der Waals surface area contributed by atoms with Crippen molar-refractivity contribution in [3.8, 4) is 0 Å². The minimum atomic E-state index is -1.12. The fourth-order valence-corrected chi connectivity index (χ4v) is 3.87. The lowest BCUT2D eigenvalue weighted by molar-refractivity contribution is -0.135. The number of aliphatic hydroxyl groups excluding tert-OH is 1. The summed E-state index contributed by atoms with van der Waals surface area (Å²) in [6.07, 6.45) is 5.41. The zero-order valence-corrected chi connectivity index (χ0v) is 17.3. The van der Waals surface area contributed by atoms with Gasteiger partial charge in [0, 0.05) is 12.3 Å². The van der Waals surface area contributed by atoms with Crippen LogP contribution in [-0.4, -0.2) is 54.0 Å². The molecule has 1 fully saturated rings. The Labute approximate surface area is 168 Å². The number of rotatable bonds is 13. The number of nitrogens with one attached hydrogen (secondary N) is 2. The van der Waals surface area contributed by atoms with Gasteiger partial charge in [-0.25, -0.2) is 0 Å². The first-order valence-corrected chi connectivity index (χ1v) is 10.6. The highest BCUT2D eigenvalue weighted by atomic mass is 16.3. The number of amides is 2. The SMILES string of the molecule is CCC(=O)[C@H](CCN)NC(=O)[C@@H](NC(=O)C(CCN)CC1CCCC1)C(C)O. The summed E-state index contributed by atoms with van der Waals surface area (Å²) in [5, 5.41) is 15.4. The van der Waals surface area contributed by atoms with E-state index in [1.165, 1.54) is 19.8 Å². The van der Waals surface area contributed by atoms with Crippen molar-refractivity contribution < 1.29 is 19.5 Å². The lowest BCUT2D eigenvalue weighted by Crippen LogP contribution is -2.57. The molecular weight excluding hydrogens is 360 g/mol. The first-order valence-electron chi connectivity index (χ1n) is 10.6. The van der Waals surface area contributed by atoms with Gasteiger partial charge < -0.3 is 27.2 Å². The molecule has 8 nitrogen and oxygen atoms in total. The molecule has 162 valence electrons. The summed E-state index contributed by atoms with van der Waals surface area (Å²) in [6, 6.07) is -1.83. The zero-order valence-electron chi connectivity index (χ0n) is 17.3. The van der Waals surface area contributed by atoms with E-state index in [0.29, 0.717) is 25.3 Å². The number of carbonyl (C=O) groups excluding carboxylic acids is 3. The van der Waals surface area contributed by atoms with E-state index in [-0.39, 0.29) is 30.6 Å². The number of carbonyl (C=O) groups is 3. The molecule has 0 spiro atoms. The van der Waals surface area contributed by atoms with Crippen LogP contribution in [0.4, 0.5) is 0 Å². The molecule has 4 atom stereocenters. The molecule has 0 radical (unpaired) electrons. The minimum absolute atomic E-state index is 0.128. The largest absolute Gasteiger partial charge is 0.391 e. The van der Waals surface area contributed by atoms with Crippen LogP contribution >= 0.6 is 0 Å². The van der Waals surface area contributed by atoms with Gasteiger partial charge in [0.1, 0.15) is 6.04 Å². The highest BCUT2D eigenvalue weighted by Gasteiger charge is 2.32. The minimum Gasteiger partial charge on any atom is -0.391 e. The third-order valence-electron chi connectivity index (χ3n) is 5.55. The molecule has 2 unspecified atom stereocenters. The zero-order chi connectivity index (χ0) is 21.1. The van der Waals surface area contributed by atoms with Crippen molar-refractivity contribution in [3.05, 3.63) is 0 Å². The van der Waals surface area contributed by atoms with Crippen LogP contribution in [-0.2, 0) is 14.4 Å². The quantitative estimate of drug-likeness (QED) is 0.299. The van der Waals surface area contributed by atoms with E-state index >= 15 is 0 Å². The maximum Gasteiger partial charge on any atom is 0.245 e. The van der Waals surface area contributed by atoms with Crippen molar-refractivity contribution in [2.24, 2.45) is 23.3 Å². The van der Waals surface area contributed by atoms with Gasteiger partial charge in [0.15, 0.2) is 5.78 Å². The number of hydrogen-bond donors (Lipinski definition) is 5. The second-order valence-corrected chi connectivity index (χ2v) is 7.85. The van der Waals surface area contributed by atoms with Gasteiger partial charge in [-0.1, -0.05) is 32.6 Å². The van der Waals surface area contributed by atoms with E-state index in [0.717, 1.165) is 19.3 Å². The van der Waals surface area contributed by atoms with Gasteiger partial charge in [-0.15, -0.1) is 0 Å². The molecule has 0 aromatic heterocycles. The molecule has 2 amide bonds. The van der Waals surface area contributed by atoms with Crippen molar-refractivity contribution in [1.82, 2.24) is 10.6 Å². The fourth-order valence-electron chi connectivity index (χ4n) is 3.87. The van der Waals surface area contributed by atoms with E-state index in [1.807, 2.05) is 0 Å². The first-order chi connectivity index (χ1) is 13.3. The van der Waals surface area contributed by atoms with Crippen molar-refractivity contribution >= 4 is 17.6 Å². The molecule has 0 saturated heterocycles. The topological polar surface area (TPSA) is 148 Å². The van der Waals surface area contributed by atoms with E-state index in [2.05, 4.69) is 10.6 Å². The molecular formula is C20H38N4O4. The Balaban J connectivity index is 2.77. The molecule has 7 N–H and O–H groups in total. The van der Waals surface area contributed by atoms with Gasteiger partial charge in [0.25, 0.3) is 0 Å². The fraction of sp³-hybridized carbons (Fsp3) is 0.850. The van der Waals surface area contributed by atoms with Crippen molar-refractivity contribution in [2.45, 2.75) is 83.4 Å². The molecule has 1 aliphatic rings. The third-order valence-corrected chi connectivity index (χ3v) is 5.55. The molecule has 1 rings (SSSR count). The Bertz CT molecular complexity index is 506. The van der Waals surface area contributed by atoms with E-state index < -0.39 is 24.1 Å². The highest BCUT2D eigenvalue weighted by Crippen LogP contribution is 2.31. The lowest BCUT2D eigenvalue weighted by Gasteiger charge is -2.27. The maximum atomic E-state index is 12.8. The van der Waals surface area contributed by atoms with Crippen LogP contribution in [0.1, 0.15) is 65.2 Å². The smallest absolute Gasteiger partial charge is 0.245 e. The standard InChI is InChI=1S/C20H38N4O4/c1-3-17(26)16(9-11-22)23-20(28)18(13(2)25)24-19(27)15(8-10-21)12-14-6-4-5-7-14/h13-16,18,25H,3-12,21-22H2,1-2H3,(H,23,28)(H,24,27)/t13?,15?,16-,18-/m0/s1. The third kappa shape index (κ3) is 7.85. The Morgan fingerprint density at radius 3 is 2.14 bits per heavy atom. The highest BCUT2D eigenvalue weighted by molar-refractivity contribution is 5.93. The van der Waals surface area contributed by atoms with E-state index in [9.17, 15) is 19.5 Å². The summed E-state index contributed by atoms with van der Waals surface area (Å²) in [4.78, 5) is 37.4. The molecule has 1 saturated carbocycles. The number of hydrogen-bond acceptors (Lipinski definition) is 6. The predicted octanol–water partition coefficient (Wildman–Crippen LogP) is 0.210. The summed E-state index contributed by atoms with van der Waals surface area (Å²) in [5.41, 5.74) is 11.2. The lowest BCUT2D eigenvalue weighted by atomic mass is 9.90. The van der Waals surface area contributed by atoms with Gasteiger partial charge >= 0.3 is 0 Å². The van der Waals surface area contributed by atoms with Gasteiger partial charge in [0.05, 0.1) is 12.1 Å². The molecule has 0 bridgehead atoms. The Morgan fingerprint density at radius 2 is 1.64 bits per heavy atom. The Hall–Kier alpha value is -1.51. The number of ketones is 1. The average molecular weight is 399 g/mol. The average Bonchev–Trinajstić information content (AvgIpc) is 3.17. The van der Waals surface area contributed by atoms with Crippen molar-refractivity contribution in [3.63, 3.8) is 0 Å². The van der Waals surface area contributed by atoms with E-state index in [1.54, 1.807) is 6.92 Å². The summed E-state index contributed by atoms with van der Waals surface area (Å²) >= 11 is 0. The first kappa shape index (κ1) is 24.5. The van der Waals surface area contributed by atoms with Gasteiger partial charge in [-0.05, 0) is 45.2 Å². The number of aliphatic hydroxyl groups is 1. The maximum absolute atomic E-state index is 12.8. The van der Waals surface area contributed by atoms with Gasteiger partial charge in [-0.2, -0.15) is 0 Å². The molecule has 0 aromatic rings. The molecule has 28 heavy (non-hydrogen) atoms. The van der Waals surface area contributed by atoms with Crippen molar-refractivity contribution in [1.29, 1.82) is 0 Å². The van der Waals surface area contributed by atoms with Gasteiger partial charge in [0.2, 0.25) is 11.8 Å². The molecule has 1 aliphatic carbocycles. The van der Waals surface area contributed by atoms with Crippen LogP contribution in [0.25, 0.3) is 0 Å². The number of Topliss-reactive ketones (excluding diaryl/α,β-unsaturated/α-hetero) is 1. The molecule has 0 aliphatic heterocycles. The monoisotopic (exact) mass is 398 g/mol. The van der Waals surface area contributed by atoms with Crippen LogP contribution in [0.2, 0.25) is 0 Å². The van der Waals surface area contributed by atoms with Crippen LogP contribution < -0.4 is 22.1 Å². The molecule has 0 aromatic carbocycles. The number of nitrogens with two attached hydrogens (primary N) is 2. The summed E-state index contributed by atoms with van der Waals surface area (Å²) in [6.45, 7) is 3.80. The summed E-state index contributed by atoms with van der Waals surface area (Å²) in [7, 11) is 0.